The van der Waals surface area contributed by atoms with E-state index >= 15 is 0 Å². The fourth-order valence-electron chi connectivity index (χ4n) is 3.53. The van der Waals surface area contributed by atoms with Crippen LogP contribution < -0.4 is 0 Å². The van der Waals surface area contributed by atoms with E-state index in [0.29, 0.717) is 17.6 Å². The standard InChI is InChI=1S/C21H33NO2/c1-15-8-7-9-16(2)22(15)14-17(3)24-20(23)18-10-12-19(13-11-18)21(4,5)6/h10-13,15-17H,7-9,14H2,1-6H3/t15-,16+,17-/m0/s1. The minimum Gasteiger partial charge on any atom is -0.458 e. The van der Waals surface area contributed by atoms with Gasteiger partial charge in [-0.2, -0.15) is 0 Å². The lowest BCUT2D eigenvalue weighted by Gasteiger charge is -2.40. The van der Waals surface area contributed by atoms with E-state index in [-0.39, 0.29) is 17.5 Å². The number of carbonyl (C=O) groups is 1. The number of hydrogen-bond donors (Lipinski definition) is 0. The van der Waals surface area contributed by atoms with Crippen LogP contribution in [0.2, 0.25) is 0 Å². The molecule has 1 aliphatic rings. The highest BCUT2D eigenvalue weighted by Crippen LogP contribution is 2.24. The average molecular weight is 332 g/mol. The molecule has 134 valence electrons. The van der Waals surface area contributed by atoms with Gasteiger partial charge in [0.2, 0.25) is 0 Å². The molecular formula is C21H33NO2. The molecule has 1 aromatic carbocycles. The van der Waals surface area contributed by atoms with Crippen molar-refractivity contribution in [3.63, 3.8) is 0 Å². The van der Waals surface area contributed by atoms with Crippen LogP contribution in [0, 0.1) is 0 Å². The molecule has 0 saturated carbocycles. The van der Waals surface area contributed by atoms with Crippen molar-refractivity contribution in [3.05, 3.63) is 35.4 Å². The van der Waals surface area contributed by atoms with Crippen molar-refractivity contribution in [2.45, 2.75) is 84.4 Å². The predicted octanol–water partition coefficient (Wildman–Crippen LogP) is 4.79. The normalized spacial score (nSPS) is 23.8. The number of benzene rings is 1. The summed E-state index contributed by atoms with van der Waals surface area (Å²) in [5, 5.41) is 0. The van der Waals surface area contributed by atoms with Crippen LogP contribution >= 0.6 is 0 Å². The molecule has 3 nitrogen and oxygen atoms in total. The summed E-state index contributed by atoms with van der Waals surface area (Å²) in [6, 6.07) is 8.94. The Balaban J connectivity index is 1.93. The van der Waals surface area contributed by atoms with Gasteiger partial charge < -0.3 is 4.74 Å². The Kier molecular flexibility index (Phi) is 6.08. The maximum Gasteiger partial charge on any atom is 0.338 e. The molecular weight excluding hydrogens is 298 g/mol. The molecule has 0 amide bonds. The molecule has 0 bridgehead atoms. The van der Waals surface area contributed by atoms with Crippen molar-refractivity contribution >= 4 is 5.97 Å². The van der Waals surface area contributed by atoms with Crippen molar-refractivity contribution in [1.29, 1.82) is 0 Å². The zero-order valence-corrected chi connectivity index (χ0v) is 16.1. The Bertz CT molecular complexity index is 534. The Morgan fingerprint density at radius 2 is 1.71 bits per heavy atom. The summed E-state index contributed by atoms with van der Waals surface area (Å²) >= 11 is 0. The molecule has 1 saturated heterocycles. The van der Waals surface area contributed by atoms with Crippen LogP contribution in [0.25, 0.3) is 0 Å². The SMILES string of the molecule is C[C@@H]1CCC[C@H](C)N1C[C@H](C)OC(=O)c1ccc(C(C)(C)C)cc1. The van der Waals surface area contributed by atoms with E-state index in [9.17, 15) is 4.79 Å². The Morgan fingerprint density at radius 3 is 2.21 bits per heavy atom. The number of rotatable bonds is 4. The molecule has 1 fully saturated rings. The maximum atomic E-state index is 12.4. The van der Waals surface area contributed by atoms with Gasteiger partial charge in [0.15, 0.2) is 0 Å². The summed E-state index contributed by atoms with van der Waals surface area (Å²) in [5.74, 6) is -0.222. The topological polar surface area (TPSA) is 29.5 Å². The van der Waals surface area contributed by atoms with Gasteiger partial charge in [0, 0.05) is 18.6 Å². The summed E-state index contributed by atoms with van der Waals surface area (Å²) < 4.78 is 5.68. The monoisotopic (exact) mass is 331 g/mol. The summed E-state index contributed by atoms with van der Waals surface area (Å²) in [6.07, 6.45) is 3.67. The zero-order valence-electron chi connectivity index (χ0n) is 16.1. The van der Waals surface area contributed by atoms with Crippen LogP contribution in [0.15, 0.2) is 24.3 Å². The van der Waals surface area contributed by atoms with Crippen molar-refractivity contribution in [2.75, 3.05) is 6.54 Å². The number of ether oxygens (including phenoxy) is 1. The molecule has 3 atom stereocenters. The highest BCUT2D eigenvalue weighted by atomic mass is 16.5. The largest absolute Gasteiger partial charge is 0.458 e. The van der Waals surface area contributed by atoms with E-state index in [0.717, 1.165) is 6.54 Å². The average Bonchev–Trinajstić information content (AvgIpc) is 2.50. The second kappa shape index (κ2) is 7.69. The fraction of sp³-hybridized carbons (Fsp3) is 0.667. The minimum atomic E-state index is -0.222. The number of esters is 1. The molecule has 0 aliphatic carbocycles. The number of carbonyl (C=O) groups excluding carboxylic acids is 1. The van der Waals surface area contributed by atoms with Gasteiger partial charge >= 0.3 is 5.97 Å². The summed E-state index contributed by atoms with van der Waals surface area (Å²) in [6.45, 7) is 13.9. The number of hydrogen-bond acceptors (Lipinski definition) is 3. The van der Waals surface area contributed by atoms with Crippen LogP contribution in [-0.4, -0.2) is 35.6 Å². The number of likely N-dealkylation sites (tertiary alicyclic amines) is 1. The predicted molar refractivity (Wildman–Crippen MR) is 99.5 cm³/mol. The van der Waals surface area contributed by atoms with Gasteiger partial charge in [-0.15, -0.1) is 0 Å². The molecule has 24 heavy (non-hydrogen) atoms. The summed E-state index contributed by atoms with van der Waals surface area (Å²) in [4.78, 5) is 14.9. The van der Waals surface area contributed by atoms with Gasteiger partial charge in [-0.3, -0.25) is 4.90 Å². The van der Waals surface area contributed by atoms with Gasteiger partial charge in [-0.25, -0.2) is 4.79 Å². The van der Waals surface area contributed by atoms with E-state index in [1.54, 1.807) is 0 Å². The van der Waals surface area contributed by atoms with Gasteiger partial charge in [-0.1, -0.05) is 39.3 Å². The lowest BCUT2D eigenvalue weighted by Crippen LogP contribution is -2.47. The third-order valence-corrected chi connectivity index (χ3v) is 5.14. The molecule has 0 spiro atoms. The first-order chi connectivity index (χ1) is 11.2. The zero-order chi connectivity index (χ0) is 17.9. The van der Waals surface area contributed by atoms with E-state index in [4.69, 9.17) is 4.74 Å². The van der Waals surface area contributed by atoms with Crippen molar-refractivity contribution in [3.8, 4) is 0 Å². The molecule has 3 heteroatoms. The molecule has 1 heterocycles. The van der Waals surface area contributed by atoms with Crippen LogP contribution in [-0.2, 0) is 10.2 Å². The third-order valence-electron chi connectivity index (χ3n) is 5.14. The smallest absolute Gasteiger partial charge is 0.338 e. The first-order valence-electron chi connectivity index (χ1n) is 9.25. The third kappa shape index (κ3) is 4.83. The van der Waals surface area contributed by atoms with Crippen LogP contribution in [0.3, 0.4) is 0 Å². The van der Waals surface area contributed by atoms with Crippen molar-refractivity contribution in [2.24, 2.45) is 0 Å². The molecule has 0 N–H and O–H groups in total. The van der Waals surface area contributed by atoms with Gasteiger partial charge in [0.25, 0.3) is 0 Å². The molecule has 1 aromatic rings. The maximum absolute atomic E-state index is 12.4. The van der Waals surface area contributed by atoms with Crippen LogP contribution in [0.1, 0.15) is 76.7 Å². The Hall–Kier alpha value is -1.35. The highest BCUT2D eigenvalue weighted by Gasteiger charge is 2.27. The molecule has 2 rings (SSSR count). The second-order valence-electron chi connectivity index (χ2n) is 8.37. The van der Waals surface area contributed by atoms with Gasteiger partial charge in [0.05, 0.1) is 5.56 Å². The van der Waals surface area contributed by atoms with E-state index in [2.05, 4.69) is 39.5 Å². The Labute approximate surface area is 147 Å². The lowest BCUT2D eigenvalue weighted by molar-refractivity contribution is 0.00811. The number of nitrogens with zero attached hydrogens (tertiary/aromatic N) is 1. The van der Waals surface area contributed by atoms with E-state index < -0.39 is 0 Å². The van der Waals surface area contributed by atoms with Gasteiger partial charge in [-0.05, 0) is 56.7 Å². The van der Waals surface area contributed by atoms with Crippen LogP contribution in [0.4, 0.5) is 0 Å². The van der Waals surface area contributed by atoms with Crippen molar-refractivity contribution < 1.29 is 9.53 Å². The molecule has 1 aliphatic heterocycles. The van der Waals surface area contributed by atoms with Crippen molar-refractivity contribution in [1.82, 2.24) is 4.90 Å². The molecule has 0 unspecified atom stereocenters. The summed E-state index contributed by atoms with van der Waals surface area (Å²) in [5.41, 5.74) is 1.95. The lowest BCUT2D eigenvalue weighted by atomic mass is 9.87. The minimum absolute atomic E-state index is 0.0935. The number of piperidine rings is 1. The molecule has 0 radical (unpaired) electrons. The molecule has 0 aromatic heterocycles. The quantitative estimate of drug-likeness (QED) is 0.743. The van der Waals surface area contributed by atoms with E-state index in [1.807, 2.05) is 31.2 Å². The summed E-state index contributed by atoms with van der Waals surface area (Å²) in [7, 11) is 0. The Morgan fingerprint density at radius 1 is 1.17 bits per heavy atom. The van der Waals surface area contributed by atoms with Crippen LogP contribution in [0.5, 0.6) is 0 Å². The van der Waals surface area contributed by atoms with Gasteiger partial charge in [0.1, 0.15) is 6.10 Å². The fourth-order valence-corrected chi connectivity index (χ4v) is 3.53. The second-order valence-corrected chi connectivity index (χ2v) is 8.37. The highest BCUT2D eigenvalue weighted by molar-refractivity contribution is 5.89. The first-order valence-corrected chi connectivity index (χ1v) is 9.25. The van der Waals surface area contributed by atoms with E-state index in [1.165, 1.54) is 24.8 Å². The first kappa shape index (κ1) is 19.0.